The highest BCUT2D eigenvalue weighted by Gasteiger charge is 2.22. The largest absolute Gasteiger partial charge is 0.396 e. The summed E-state index contributed by atoms with van der Waals surface area (Å²) >= 11 is 0. The van der Waals surface area contributed by atoms with Crippen molar-refractivity contribution in [1.82, 2.24) is 0 Å². The number of rotatable bonds is 2. The zero-order valence-electron chi connectivity index (χ0n) is 9.23. The topological polar surface area (TPSA) is 37.3 Å². The van der Waals surface area contributed by atoms with Crippen LogP contribution in [-0.4, -0.2) is 17.5 Å². The second-order valence-electron chi connectivity index (χ2n) is 4.29. The molecule has 1 aliphatic carbocycles. The second-order valence-corrected chi connectivity index (χ2v) is 4.29. The van der Waals surface area contributed by atoms with Crippen molar-refractivity contribution in [2.24, 2.45) is 5.92 Å². The molecular weight excluding hydrogens is 200 g/mol. The van der Waals surface area contributed by atoms with Crippen molar-refractivity contribution < 1.29 is 9.90 Å². The molecular formula is C14H16O2. The van der Waals surface area contributed by atoms with Crippen LogP contribution in [0.4, 0.5) is 0 Å². The van der Waals surface area contributed by atoms with Crippen LogP contribution in [0, 0.1) is 5.92 Å². The lowest BCUT2D eigenvalue weighted by Crippen LogP contribution is -2.20. The number of hydrogen-bond acceptors (Lipinski definition) is 2. The van der Waals surface area contributed by atoms with Gasteiger partial charge in [0.15, 0.2) is 5.78 Å². The monoisotopic (exact) mass is 216 g/mol. The molecule has 16 heavy (non-hydrogen) atoms. The first-order valence-corrected chi connectivity index (χ1v) is 5.69. The van der Waals surface area contributed by atoms with Crippen molar-refractivity contribution in [2.45, 2.75) is 19.3 Å². The lowest BCUT2D eigenvalue weighted by atomic mass is 9.84. The van der Waals surface area contributed by atoms with Gasteiger partial charge in [-0.25, -0.2) is 0 Å². The van der Waals surface area contributed by atoms with Gasteiger partial charge >= 0.3 is 0 Å². The Morgan fingerprint density at radius 3 is 2.69 bits per heavy atom. The molecule has 1 atom stereocenters. The third kappa shape index (κ3) is 2.58. The summed E-state index contributed by atoms with van der Waals surface area (Å²) in [5, 5.41) is 9.01. The molecule has 84 valence electrons. The maximum absolute atomic E-state index is 11.8. The van der Waals surface area contributed by atoms with Crippen molar-refractivity contribution >= 4 is 11.9 Å². The van der Waals surface area contributed by atoms with Crippen LogP contribution >= 0.6 is 0 Å². The highest BCUT2D eigenvalue weighted by molar-refractivity contribution is 6.00. The Morgan fingerprint density at radius 1 is 1.31 bits per heavy atom. The fraction of sp³-hybridized carbons (Fsp3) is 0.357. The van der Waals surface area contributed by atoms with Crippen LogP contribution in [0.25, 0.3) is 6.08 Å². The normalized spacial score (nSPS) is 23.7. The fourth-order valence-corrected chi connectivity index (χ4v) is 2.05. The second kappa shape index (κ2) is 5.08. The Kier molecular flexibility index (Phi) is 3.52. The number of carbonyl (C=O) groups excluding carboxylic acids is 1. The van der Waals surface area contributed by atoms with E-state index in [-0.39, 0.29) is 18.3 Å². The highest BCUT2D eigenvalue weighted by Crippen LogP contribution is 2.26. The molecule has 1 aromatic carbocycles. The van der Waals surface area contributed by atoms with Crippen molar-refractivity contribution in [3.05, 3.63) is 41.5 Å². The molecule has 1 aliphatic rings. The summed E-state index contributed by atoms with van der Waals surface area (Å²) in [7, 11) is 0. The average molecular weight is 216 g/mol. The van der Waals surface area contributed by atoms with Gasteiger partial charge in [0.2, 0.25) is 0 Å². The number of aliphatic hydroxyl groups excluding tert-OH is 1. The first-order chi connectivity index (χ1) is 7.79. The third-order valence-electron chi connectivity index (χ3n) is 3.05. The fourth-order valence-electron chi connectivity index (χ4n) is 2.05. The molecule has 0 saturated heterocycles. The Balaban J connectivity index is 2.12. The Labute approximate surface area is 95.6 Å². The standard InChI is InChI=1S/C14H16O2/c15-10-12-6-7-13(14(16)9-12)8-11-4-2-1-3-5-11/h1-5,8,12,15H,6-7,9-10H2. The molecule has 1 fully saturated rings. The molecule has 0 aromatic heterocycles. The van der Waals surface area contributed by atoms with Gasteiger partial charge in [0.05, 0.1) is 0 Å². The Hall–Kier alpha value is -1.41. The number of hydrogen-bond donors (Lipinski definition) is 1. The molecule has 2 rings (SSSR count). The van der Waals surface area contributed by atoms with E-state index in [1.165, 1.54) is 0 Å². The summed E-state index contributed by atoms with van der Waals surface area (Å²) in [5.41, 5.74) is 1.98. The molecule has 2 nitrogen and oxygen atoms in total. The predicted molar refractivity (Wildman–Crippen MR) is 63.9 cm³/mol. The number of carbonyl (C=O) groups is 1. The molecule has 1 saturated carbocycles. The molecule has 2 heteroatoms. The molecule has 0 radical (unpaired) electrons. The van der Waals surface area contributed by atoms with Crippen LogP contribution in [0.2, 0.25) is 0 Å². The number of allylic oxidation sites excluding steroid dienone is 1. The summed E-state index contributed by atoms with van der Waals surface area (Å²) in [5.74, 6) is 0.356. The van der Waals surface area contributed by atoms with E-state index in [4.69, 9.17) is 5.11 Å². The van der Waals surface area contributed by atoms with Crippen LogP contribution in [0.5, 0.6) is 0 Å². The van der Waals surface area contributed by atoms with Crippen molar-refractivity contribution in [2.75, 3.05) is 6.61 Å². The lowest BCUT2D eigenvalue weighted by molar-refractivity contribution is -0.117. The average Bonchev–Trinajstić information content (AvgIpc) is 2.33. The van der Waals surface area contributed by atoms with Crippen molar-refractivity contribution in [1.29, 1.82) is 0 Å². The molecule has 0 amide bonds. The zero-order chi connectivity index (χ0) is 11.4. The first kappa shape index (κ1) is 11.1. The SMILES string of the molecule is O=C1CC(CO)CCC1=Cc1ccccc1. The first-order valence-electron chi connectivity index (χ1n) is 5.69. The summed E-state index contributed by atoms with van der Waals surface area (Å²) < 4.78 is 0. The van der Waals surface area contributed by atoms with Gasteiger partial charge in [-0.1, -0.05) is 30.3 Å². The molecule has 0 heterocycles. The van der Waals surface area contributed by atoms with E-state index in [1.807, 2.05) is 36.4 Å². The number of Topliss-reactive ketones (excluding diaryl/α,β-unsaturated/α-hetero) is 1. The minimum atomic E-state index is 0.129. The van der Waals surface area contributed by atoms with E-state index in [0.717, 1.165) is 24.0 Å². The van der Waals surface area contributed by atoms with Gasteiger partial charge in [-0.2, -0.15) is 0 Å². The quantitative estimate of drug-likeness (QED) is 0.771. The van der Waals surface area contributed by atoms with Gasteiger partial charge in [-0.3, -0.25) is 4.79 Å². The van der Waals surface area contributed by atoms with Gasteiger partial charge in [0, 0.05) is 13.0 Å². The van der Waals surface area contributed by atoms with E-state index >= 15 is 0 Å². The van der Waals surface area contributed by atoms with E-state index in [1.54, 1.807) is 0 Å². The van der Waals surface area contributed by atoms with Crippen LogP contribution in [0.3, 0.4) is 0 Å². The molecule has 1 N–H and O–H groups in total. The summed E-state index contributed by atoms with van der Waals surface area (Å²) in [6.07, 6.45) is 4.17. The van der Waals surface area contributed by atoms with Crippen LogP contribution in [-0.2, 0) is 4.79 Å². The van der Waals surface area contributed by atoms with Crippen molar-refractivity contribution in [3.8, 4) is 0 Å². The lowest BCUT2D eigenvalue weighted by Gasteiger charge is -2.20. The Bertz CT molecular complexity index is 392. The highest BCUT2D eigenvalue weighted by atomic mass is 16.3. The summed E-state index contributed by atoms with van der Waals surface area (Å²) in [6.45, 7) is 0.129. The van der Waals surface area contributed by atoms with E-state index in [2.05, 4.69) is 0 Å². The summed E-state index contributed by atoms with van der Waals surface area (Å²) in [6, 6.07) is 9.90. The maximum Gasteiger partial charge on any atom is 0.159 e. The maximum atomic E-state index is 11.8. The summed E-state index contributed by atoms with van der Waals surface area (Å²) in [4.78, 5) is 11.8. The molecule has 1 aromatic rings. The van der Waals surface area contributed by atoms with Crippen LogP contribution < -0.4 is 0 Å². The molecule has 0 aliphatic heterocycles. The number of aliphatic hydroxyl groups is 1. The van der Waals surface area contributed by atoms with Crippen molar-refractivity contribution in [3.63, 3.8) is 0 Å². The Morgan fingerprint density at radius 2 is 2.06 bits per heavy atom. The smallest absolute Gasteiger partial charge is 0.159 e. The zero-order valence-corrected chi connectivity index (χ0v) is 9.23. The molecule has 0 spiro atoms. The van der Waals surface area contributed by atoms with E-state index in [0.29, 0.717) is 6.42 Å². The van der Waals surface area contributed by atoms with Gasteiger partial charge in [0.1, 0.15) is 0 Å². The number of benzene rings is 1. The third-order valence-corrected chi connectivity index (χ3v) is 3.05. The molecule has 0 bridgehead atoms. The van der Waals surface area contributed by atoms with Crippen LogP contribution in [0.1, 0.15) is 24.8 Å². The minimum absolute atomic E-state index is 0.129. The van der Waals surface area contributed by atoms with Gasteiger partial charge in [0.25, 0.3) is 0 Å². The minimum Gasteiger partial charge on any atom is -0.396 e. The van der Waals surface area contributed by atoms with Gasteiger partial charge in [-0.05, 0) is 36.0 Å². The van der Waals surface area contributed by atoms with E-state index in [9.17, 15) is 4.79 Å². The predicted octanol–water partition coefficient (Wildman–Crippen LogP) is 2.43. The van der Waals surface area contributed by atoms with Gasteiger partial charge in [-0.15, -0.1) is 0 Å². The number of ketones is 1. The van der Waals surface area contributed by atoms with Crippen LogP contribution in [0.15, 0.2) is 35.9 Å². The van der Waals surface area contributed by atoms with Gasteiger partial charge < -0.3 is 5.11 Å². The van der Waals surface area contributed by atoms with E-state index < -0.39 is 0 Å². The molecule has 1 unspecified atom stereocenters.